The van der Waals surface area contributed by atoms with Gasteiger partial charge in [-0.3, -0.25) is 18.7 Å². The molecule has 2 aromatic heterocycles. The van der Waals surface area contributed by atoms with Crippen LogP contribution < -0.4 is 21.6 Å². The molecule has 0 amide bonds. The second-order valence-electron chi connectivity index (χ2n) is 12.1. The lowest BCUT2D eigenvalue weighted by Gasteiger charge is -2.29. The summed E-state index contributed by atoms with van der Waals surface area (Å²) in [7, 11) is -3.91. The van der Waals surface area contributed by atoms with Gasteiger partial charge >= 0.3 is 11.9 Å². The fourth-order valence-electron chi connectivity index (χ4n) is 5.55. The second-order valence-corrected chi connectivity index (χ2v) is 14.3. The number of fused-ring (bicyclic) bond motifs is 1. The summed E-state index contributed by atoms with van der Waals surface area (Å²) in [6.45, 7) is 4.35. The molecular weight excluding hydrogens is 663 g/mol. The lowest BCUT2D eigenvalue weighted by atomic mass is 10.1. The van der Waals surface area contributed by atoms with E-state index < -0.39 is 43.8 Å². The molecule has 0 aliphatic carbocycles. The molecule has 4 aromatic rings. The average Bonchev–Trinajstić information content (AvgIpc) is 3.76. The number of hydrogen-bond acceptors (Lipinski definition) is 12. The number of nitrogens with zero attached hydrogens (tertiary/aromatic N) is 4. The number of nitrogen functional groups attached to an aromatic ring is 2. The van der Waals surface area contributed by atoms with E-state index in [9.17, 15) is 9.59 Å². The minimum absolute atomic E-state index is 0.00525. The molecule has 0 radical (unpaired) electrons. The van der Waals surface area contributed by atoms with Crippen LogP contribution in [0.1, 0.15) is 50.5 Å². The Morgan fingerprint density at radius 3 is 2.02 bits per heavy atom. The maximum atomic E-state index is 15.0. The van der Waals surface area contributed by atoms with Gasteiger partial charge in [0.15, 0.2) is 11.5 Å². The van der Waals surface area contributed by atoms with Crippen LogP contribution in [0.3, 0.4) is 0 Å². The monoisotopic (exact) mass is 708 g/mol. The lowest BCUT2D eigenvalue weighted by Crippen LogP contribution is -2.47. The van der Waals surface area contributed by atoms with Gasteiger partial charge in [0.2, 0.25) is 13.4 Å². The van der Waals surface area contributed by atoms with Crippen molar-refractivity contribution < 1.29 is 33.1 Å². The van der Waals surface area contributed by atoms with Crippen molar-refractivity contribution in [1.29, 1.82) is 0 Å². The summed E-state index contributed by atoms with van der Waals surface area (Å²) in [5.74, 6) is -0.976. The number of rotatable bonds is 18. The van der Waals surface area contributed by atoms with Gasteiger partial charge in [-0.1, -0.05) is 74.5 Å². The van der Waals surface area contributed by atoms with Crippen LogP contribution in [0, 0.1) is 0 Å². The maximum absolute atomic E-state index is 15.0. The van der Waals surface area contributed by atoms with Crippen LogP contribution in [0.15, 0.2) is 67.0 Å². The van der Waals surface area contributed by atoms with Crippen molar-refractivity contribution in [1.82, 2.24) is 29.7 Å². The zero-order valence-electron chi connectivity index (χ0n) is 28.3. The van der Waals surface area contributed by atoms with Gasteiger partial charge in [-0.2, -0.15) is 9.97 Å². The van der Waals surface area contributed by atoms with Gasteiger partial charge in [0.05, 0.1) is 32.3 Å². The van der Waals surface area contributed by atoms with Crippen molar-refractivity contribution in [3.8, 4) is 0 Å². The summed E-state index contributed by atoms with van der Waals surface area (Å²) in [4.78, 5) is 39.4. The van der Waals surface area contributed by atoms with E-state index in [0.717, 1.165) is 11.1 Å². The molecule has 1 fully saturated rings. The summed E-state index contributed by atoms with van der Waals surface area (Å²) < 4.78 is 40.0. The van der Waals surface area contributed by atoms with E-state index in [1.807, 2.05) is 74.5 Å². The van der Waals surface area contributed by atoms with E-state index in [-0.39, 0.29) is 50.8 Å². The summed E-state index contributed by atoms with van der Waals surface area (Å²) in [5.41, 5.74) is 14.3. The Bertz CT molecular complexity index is 1690. The highest BCUT2D eigenvalue weighted by atomic mass is 31.2. The number of imidazole rings is 1. The number of nitrogens with two attached hydrogens (primary N) is 2. The number of aromatic nitrogens is 4. The van der Waals surface area contributed by atoms with Crippen molar-refractivity contribution in [2.45, 2.75) is 70.4 Å². The predicted molar refractivity (Wildman–Crippen MR) is 188 cm³/mol. The van der Waals surface area contributed by atoms with Crippen LogP contribution in [0.5, 0.6) is 0 Å². The molecule has 16 heteroatoms. The largest absolute Gasteiger partial charge is 0.465 e. The van der Waals surface area contributed by atoms with Crippen LogP contribution in [0.25, 0.3) is 11.2 Å². The number of nitrogens with one attached hydrogen (secondary N) is 2. The van der Waals surface area contributed by atoms with Crippen molar-refractivity contribution in [3.63, 3.8) is 0 Å². The molecule has 15 nitrogen and oxygen atoms in total. The van der Waals surface area contributed by atoms with Crippen molar-refractivity contribution >= 4 is 42.3 Å². The summed E-state index contributed by atoms with van der Waals surface area (Å²) in [6.07, 6.45) is 2.10. The third-order valence-electron chi connectivity index (χ3n) is 7.97. The van der Waals surface area contributed by atoms with Gasteiger partial charge in [-0.05, 0) is 36.8 Å². The van der Waals surface area contributed by atoms with Crippen molar-refractivity contribution in [2.75, 3.05) is 37.6 Å². The van der Waals surface area contributed by atoms with E-state index in [0.29, 0.717) is 30.4 Å². The first-order chi connectivity index (χ1) is 24.2. The Morgan fingerprint density at radius 2 is 1.48 bits per heavy atom. The van der Waals surface area contributed by atoms with E-state index in [4.69, 9.17) is 30.4 Å². The number of anilines is 2. The van der Waals surface area contributed by atoms with Crippen LogP contribution >= 0.6 is 7.44 Å². The Hall–Kier alpha value is -4.40. The van der Waals surface area contributed by atoms with Crippen LogP contribution in [0.4, 0.5) is 11.8 Å². The molecule has 4 atom stereocenters. The van der Waals surface area contributed by atoms with Crippen LogP contribution in [0.2, 0.25) is 0 Å². The fourth-order valence-corrected chi connectivity index (χ4v) is 7.60. The number of carbonyl (C=O) groups is 2. The van der Waals surface area contributed by atoms with Crippen molar-refractivity contribution in [2.24, 2.45) is 0 Å². The van der Waals surface area contributed by atoms with Gasteiger partial charge < -0.3 is 30.4 Å². The first-order valence-corrected chi connectivity index (χ1v) is 18.6. The van der Waals surface area contributed by atoms with E-state index in [1.165, 1.54) is 0 Å². The van der Waals surface area contributed by atoms with Crippen molar-refractivity contribution in [3.05, 3.63) is 78.1 Å². The average molecular weight is 709 g/mol. The maximum Gasteiger partial charge on any atom is 0.323 e. The zero-order chi connectivity index (χ0) is 35.5. The molecule has 0 bridgehead atoms. The molecule has 2 aromatic carbocycles. The van der Waals surface area contributed by atoms with E-state index >= 15 is 4.57 Å². The number of benzene rings is 2. The molecular formula is C34H45N8O7P. The molecule has 0 spiro atoms. The molecule has 0 unspecified atom stereocenters. The molecule has 3 heterocycles. The summed E-state index contributed by atoms with van der Waals surface area (Å²) >= 11 is 0. The number of hydrogen-bond donors (Lipinski definition) is 4. The van der Waals surface area contributed by atoms with E-state index in [2.05, 4.69) is 25.1 Å². The topological polar surface area (TPSA) is 208 Å². The normalized spacial score (nSPS) is 17.4. The van der Waals surface area contributed by atoms with Gasteiger partial charge in [0.25, 0.3) is 0 Å². The van der Waals surface area contributed by atoms with Gasteiger partial charge in [-0.15, -0.1) is 0 Å². The third kappa shape index (κ3) is 9.86. The Labute approximate surface area is 290 Å². The summed E-state index contributed by atoms with van der Waals surface area (Å²) in [6, 6.07) is 16.6. The molecule has 1 aliphatic heterocycles. The molecule has 5 rings (SSSR count). The van der Waals surface area contributed by atoms with Crippen LogP contribution in [-0.4, -0.2) is 75.8 Å². The van der Waals surface area contributed by atoms with Gasteiger partial charge in [-0.25, -0.2) is 15.2 Å². The molecule has 6 N–H and O–H groups in total. The molecule has 1 saturated heterocycles. The smallest absolute Gasteiger partial charge is 0.323 e. The molecule has 0 saturated carbocycles. The summed E-state index contributed by atoms with van der Waals surface area (Å²) in [5, 5.41) is 6.10. The third-order valence-corrected chi connectivity index (χ3v) is 9.94. The lowest BCUT2D eigenvalue weighted by molar-refractivity contribution is -0.146. The van der Waals surface area contributed by atoms with Gasteiger partial charge in [0, 0.05) is 6.42 Å². The highest BCUT2D eigenvalue weighted by Gasteiger charge is 2.38. The van der Waals surface area contributed by atoms with Gasteiger partial charge in [0.1, 0.15) is 30.2 Å². The van der Waals surface area contributed by atoms with E-state index in [1.54, 1.807) is 10.9 Å². The quantitative estimate of drug-likeness (QED) is 0.0858. The number of esters is 2. The zero-order valence-corrected chi connectivity index (χ0v) is 29.2. The standard InChI is InChI=1S/C34H45N8O7P/c1-3-15-46-32(43)26(17-23-11-7-5-8-12-23)40-50(45,41-27(33(44)47-16-4-2)18-24-13-9-6-10-14-24)22-49-25-19-28(48-20-25)42-21-37-29-30(35)38-34(36)39-31(29)42/h5-14,21,25-28H,3-4,15-20,22H2,1-2H3,(H2,40,41,45)(H4,35,36,38,39)/t25-,26+,27+,28-/m1/s1. The Kier molecular flexibility index (Phi) is 12.9. The molecule has 268 valence electrons. The second kappa shape index (κ2) is 17.5. The molecule has 1 aliphatic rings. The Balaban J connectivity index is 1.39. The first-order valence-electron chi connectivity index (χ1n) is 16.7. The Morgan fingerprint density at radius 1 is 0.920 bits per heavy atom. The first kappa shape index (κ1) is 36.9. The highest BCUT2D eigenvalue weighted by molar-refractivity contribution is 7.59. The fraction of sp³-hybridized carbons (Fsp3) is 0.441. The minimum Gasteiger partial charge on any atom is -0.465 e. The minimum atomic E-state index is -3.91. The predicted octanol–water partition coefficient (Wildman–Crippen LogP) is 3.75. The highest BCUT2D eigenvalue weighted by Crippen LogP contribution is 2.40. The van der Waals surface area contributed by atoms with Crippen LogP contribution in [-0.2, 0) is 45.9 Å². The SMILES string of the molecule is CCCOC(=O)[C@H](Cc1ccccc1)NP(=O)(CO[C@H]1CO[C@@H](n2cnc3c(N)nc(N)nc32)C1)N[C@@H](Cc1ccccc1)C(=O)OCCC. The molecule has 50 heavy (non-hydrogen) atoms. The number of ether oxygens (including phenoxy) is 4. The number of carbonyl (C=O) groups excluding carboxylic acids is 2.